The summed E-state index contributed by atoms with van der Waals surface area (Å²) in [7, 11) is 0. The number of hydrogen-bond donors (Lipinski definition) is 2. The van der Waals surface area contributed by atoms with Crippen LogP contribution in [-0.4, -0.2) is 5.84 Å². The maximum absolute atomic E-state index is 6.46. The van der Waals surface area contributed by atoms with Crippen LogP contribution >= 0.6 is 11.3 Å². The van der Waals surface area contributed by atoms with Gasteiger partial charge < -0.3 is 14.2 Å². The minimum Gasteiger partial charge on any atom is -0.456 e. The zero-order valence-electron chi connectivity index (χ0n) is 27.3. The van der Waals surface area contributed by atoms with Gasteiger partial charge in [0.15, 0.2) is 6.17 Å². The molecule has 0 spiro atoms. The molecule has 2 unspecified atom stereocenters. The van der Waals surface area contributed by atoms with Crippen LogP contribution in [0.25, 0.3) is 75.2 Å². The first kappa shape index (κ1) is 28.6. The lowest BCUT2D eigenvalue weighted by atomic mass is 9.99. The third kappa shape index (κ3) is 4.54. The van der Waals surface area contributed by atoms with Crippen molar-refractivity contribution in [2.75, 3.05) is 0 Å². The second-order valence-electron chi connectivity index (χ2n) is 13.3. The number of para-hydroxylation sites is 3. The van der Waals surface area contributed by atoms with Gasteiger partial charge in [0, 0.05) is 69.5 Å². The summed E-state index contributed by atoms with van der Waals surface area (Å²) in [6.45, 7) is 0. The molecule has 51 heavy (non-hydrogen) atoms. The van der Waals surface area contributed by atoms with Crippen LogP contribution in [0.1, 0.15) is 29.0 Å². The van der Waals surface area contributed by atoms with Crippen molar-refractivity contribution in [2.24, 2.45) is 4.99 Å². The Hall–Kier alpha value is -6.21. The summed E-state index contributed by atoms with van der Waals surface area (Å²) in [4.78, 5) is 5.35. The average Bonchev–Trinajstić information content (AvgIpc) is 3.89. The van der Waals surface area contributed by atoms with Crippen molar-refractivity contribution in [3.05, 3.63) is 168 Å². The predicted molar refractivity (Wildman–Crippen MR) is 209 cm³/mol. The molecule has 3 aromatic heterocycles. The Kier molecular flexibility index (Phi) is 6.26. The van der Waals surface area contributed by atoms with Gasteiger partial charge in [0.25, 0.3) is 0 Å². The van der Waals surface area contributed by atoms with E-state index in [-0.39, 0.29) is 12.3 Å². The number of nitrogens with one attached hydrogen (secondary N) is 1. The van der Waals surface area contributed by atoms with E-state index in [0.717, 1.165) is 66.4 Å². The average molecular weight is 677 g/mol. The molecule has 5 nitrogen and oxygen atoms in total. The van der Waals surface area contributed by atoms with Crippen molar-refractivity contribution in [3.63, 3.8) is 0 Å². The second-order valence-corrected chi connectivity index (χ2v) is 14.3. The number of benzene rings is 7. The maximum Gasteiger partial charge on any atom is 0.209 e. The van der Waals surface area contributed by atoms with Gasteiger partial charge >= 0.3 is 0 Å². The quantitative estimate of drug-likeness (QED) is 0.195. The summed E-state index contributed by atoms with van der Waals surface area (Å²) < 4.78 is 15.2. The molecule has 242 valence electrons. The van der Waals surface area contributed by atoms with Crippen molar-refractivity contribution in [1.29, 1.82) is 0 Å². The van der Waals surface area contributed by atoms with Crippen molar-refractivity contribution in [1.82, 2.24) is 5.32 Å². The van der Waals surface area contributed by atoms with E-state index in [9.17, 15) is 0 Å². The fraction of sp³-hybridized carbons (Fsp3) is 0.0444. The second kappa shape index (κ2) is 11.2. The smallest absolute Gasteiger partial charge is 0.209 e. The monoisotopic (exact) mass is 676 g/mol. The van der Waals surface area contributed by atoms with E-state index in [0.29, 0.717) is 0 Å². The first-order chi connectivity index (χ1) is 25.2. The predicted octanol–water partition coefficient (Wildman–Crippen LogP) is 10.8. The summed E-state index contributed by atoms with van der Waals surface area (Å²) in [6.07, 6.45) is -0.171. The number of amidine groups is 1. The summed E-state index contributed by atoms with van der Waals surface area (Å²) in [5.41, 5.74) is 9.30. The Morgan fingerprint density at radius 2 is 1.24 bits per heavy atom. The zero-order chi connectivity index (χ0) is 33.5. The Labute approximate surface area is 296 Å². The molecule has 0 bridgehead atoms. The fourth-order valence-corrected chi connectivity index (χ4v) is 9.05. The molecule has 0 aliphatic carbocycles. The summed E-state index contributed by atoms with van der Waals surface area (Å²) >= 11 is 1.83. The highest BCUT2D eigenvalue weighted by atomic mass is 32.1. The van der Waals surface area contributed by atoms with Crippen molar-refractivity contribution in [2.45, 2.75) is 12.3 Å². The molecule has 0 saturated heterocycles. The van der Waals surface area contributed by atoms with Crippen LogP contribution in [0.2, 0.25) is 0 Å². The SMILES string of the molecule is c1ccc(C2NC(c3ccc4sc5c(-c6cccc7c6oc6ccccc67)cccc5c4c3)=NC(c3ccc4c(c3)oc3ccccc34)[NH2+]2)cc1. The van der Waals surface area contributed by atoms with E-state index < -0.39 is 0 Å². The Balaban J connectivity index is 1.04. The van der Waals surface area contributed by atoms with Crippen LogP contribution in [0.5, 0.6) is 0 Å². The minimum absolute atomic E-state index is 0.0131. The molecule has 0 saturated carbocycles. The summed E-state index contributed by atoms with van der Waals surface area (Å²) in [5.74, 6) is 0.880. The van der Waals surface area contributed by atoms with Gasteiger partial charge in [-0.2, -0.15) is 0 Å². The summed E-state index contributed by atoms with van der Waals surface area (Å²) in [5, 5.41) is 13.1. The lowest BCUT2D eigenvalue weighted by Gasteiger charge is -2.28. The largest absolute Gasteiger partial charge is 0.456 e. The zero-order valence-corrected chi connectivity index (χ0v) is 28.2. The van der Waals surface area contributed by atoms with Crippen molar-refractivity contribution >= 4 is 81.2 Å². The molecule has 1 aliphatic heterocycles. The van der Waals surface area contributed by atoms with E-state index in [1.54, 1.807) is 0 Å². The van der Waals surface area contributed by atoms with Crippen molar-refractivity contribution < 1.29 is 14.2 Å². The van der Waals surface area contributed by atoms with Gasteiger partial charge in [0.1, 0.15) is 28.2 Å². The van der Waals surface area contributed by atoms with Crippen LogP contribution in [-0.2, 0) is 0 Å². The Morgan fingerprint density at radius 1 is 0.529 bits per heavy atom. The van der Waals surface area contributed by atoms with Gasteiger partial charge in [0.2, 0.25) is 6.17 Å². The molecule has 7 aromatic carbocycles. The highest BCUT2D eigenvalue weighted by molar-refractivity contribution is 7.26. The number of furan rings is 2. The van der Waals surface area contributed by atoms with Crippen LogP contribution in [0.15, 0.2) is 165 Å². The molecule has 11 rings (SSSR count). The van der Waals surface area contributed by atoms with Crippen molar-refractivity contribution in [3.8, 4) is 11.1 Å². The number of rotatable bonds is 4. The maximum atomic E-state index is 6.46. The molecule has 0 radical (unpaired) electrons. The molecule has 6 heteroatoms. The van der Waals surface area contributed by atoms with E-state index >= 15 is 0 Å². The van der Waals surface area contributed by atoms with E-state index in [1.807, 2.05) is 35.6 Å². The van der Waals surface area contributed by atoms with Gasteiger partial charge in [-0.05, 0) is 42.5 Å². The third-order valence-corrected chi connectivity index (χ3v) is 11.5. The number of nitrogens with two attached hydrogens (primary N) is 1. The first-order valence-electron chi connectivity index (χ1n) is 17.3. The van der Waals surface area contributed by atoms with Gasteiger partial charge in [-0.1, -0.05) is 109 Å². The molecule has 0 amide bonds. The van der Waals surface area contributed by atoms with Gasteiger partial charge in [-0.15, -0.1) is 11.3 Å². The van der Waals surface area contributed by atoms with E-state index in [4.69, 9.17) is 13.8 Å². The van der Waals surface area contributed by atoms with E-state index in [1.165, 1.54) is 31.3 Å². The topological polar surface area (TPSA) is 67.3 Å². The number of aliphatic imine (C=N–C) groups is 1. The highest BCUT2D eigenvalue weighted by Gasteiger charge is 2.30. The number of nitrogens with zero attached hydrogens (tertiary/aromatic N) is 1. The van der Waals surface area contributed by atoms with Gasteiger partial charge in [-0.3, -0.25) is 5.32 Å². The molecular formula is C45H30N3O2S+. The number of fused-ring (bicyclic) bond motifs is 9. The number of hydrogen-bond acceptors (Lipinski definition) is 5. The number of quaternary nitrogens is 1. The number of thiophene rings is 1. The molecule has 10 aromatic rings. The molecule has 4 heterocycles. The van der Waals surface area contributed by atoms with Crippen LogP contribution in [0.3, 0.4) is 0 Å². The third-order valence-electron chi connectivity index (χ3n) is 10.3. The van der Waals surface area contributed by atoms with E-state index in [2.05, 4.69) is 138 Å². The fourth-order valence-electron chi connectivity index (χ4n) is 7.84. The van der Waals surface area contributed by atoms with Gasteiger partial charge in [-0.25, -0.2) is 4.99 Å². The molecular weight excluding hydrogens is 647 g/mol. The Bertz CT molecular complexity index is 3010. The lowest BCUT2D eigenvalue weighted by molar-refractivity contribution is -0.739. The van der Waals surface area contributed by atoms with Crippen LogP contribution < -0.4 is 10.6 Å². The molecule has 1 aliphatic rings. The first-order valence-corrected chi connectivity index (χ1v) is 18.1. The van der Waals surface area contributed by atoms with Crippen LogP contribution in [0.4, 0.5) is 0 Å². The van der Waals surface area contributed by atoms with Crippen LogP contribution in [0, 0.1) is 0 Å². The lowest BCUT2D eigenvalue weighted by Crippen LogP contribution is -2.90. The molecule has 2 atom stereocenters. The summed E-state index contributed by atoms with van der Waals surface area (Å²) in [6, 6.07) is 53.5. The molecule has 3 N–H and O–H groups in total. The van der Waals surface area contributed by atoms with Gasteiger partial charge in [0.05, 0.1) is 0 Å². The molecule has 0 fully saturated rings. The Morgan fingerprint density at radius 3 is 2.10 bits per heavy atom. The minimum atomic E-state index is -0.158. The standard InChI is InChI=1S/C45H29N3O2S/c1-2-10-26(11-3-1)43-46-44(48-45(47-43)28-20-22-31-29-12-4-6-18-37(29)49-39(31)25-28)27-21-23-40-36(24-27)35-17-9-16-34(42(35)51-40)33-15-8-14-32-30-13-5-7-19-38(30)50-41(32)33/h1-25,43,45,47H,(H,46,48)/p+1. The highest BCUT2D eigenvalue weighted by Crippen LogP contribution is 2.43. The normalized spacial score (nSPS) is 16.4.